The van der Waals surface area contributed by atoms with Gasteiger partial charge < -0.3 is 14.7 Å². The van der Waals surface area contributed by atoms with Gasteiger partial charge in [-0.05, 0) is 55.8 Å². The summed E-state index contributed by atoms with van der Waals surface area (Å²) in [5.41, 5.74) is 1.24. The number of aliphatic hydroxyl groups excluding tert-OH is 1. The van der Waals surface area contributed by atoms with Gasteiger partial charge >= 0.3 is 0 Å². The molecule has 0 aromatic heterocycles. The first-order chi connectivity index (χ1) is 10.6. The van der Waals surface area contributed by atoms with Crippen molar-refractivity contribution >= 4 is 0 Å². The molecular weight excluding hydrogens is 274 g/mol. The predicted octanol–water partition coefficient (Wildman–Crippen LogP) is 3.67. The second-order valence-corrected chi connectivity index (χ2v) is 6.80. The first kappa shape index (κ1) is 17.3. The number of ether oxygens (including phenoxy) is 1. The molecule has 0 bridgehead atoms. The largest absolute Gasteiger partial charge is 0.491 e. The lowest BCUT2D eigenvalue weighted by atomic mass is 9.98. The van der Waals surface area contributed by atoms with E-state index < -0.39 is 6.10 Å². The van der Waals surface area contributed by atoms with E-state index in [1.165, 1.54) is 18.4 Å². The Morgan fingerprint density at radius 1 is 1.27 bits per heavy atom. The van der Waals surface area contributed by atoms with Gasteiger partial charge in [0, 0.05) is 6.54 Å². The fourth-order valence-corrected chi connectivity index (χ4v) is 3.02. The van der Waals surface area contributed by atoms with Crippen LogP contribution in [-0.2, 0) is 0 Å². The smallest absolute Gasteiger partial charge is 0.122 e. The van der Waals surface area contributed by atoms with Crippen molar-refractivity contribution in [2.24, 2.45) is 5.92 Å². The lowest BCUT2D eigenvalue weighted by Gasteiger charge is -2.31. The normalized spacial score (nSPS) is 19.8. The van der Waals surface area contributed by atoms with Crippen LogP contribution in [0, 0.1) is 5.92 Å². The van der Waals surface area contributed by atoms with Crippen LogP contribution < -0.4 is 4.74 Å². The maximum absolute atomic E-state index is 10.2. The SMILES string of the molecule is CC[C@@H](C)c1ccccc1OC[C@H](O)CN1CCC(C)CC1. The molecule has 1 aromatic rings. The van der Waals surface area contributed by atoms with Crippen LogP contribution in [0.5, 0.6) is 5.75 Å². The maximum Gasteiger partial charge on any atom is 0.122 e. The van der Waals surface area contributed by atoms with E-state index in [2.05, 4.69) is 37.8 Å². The van der Waals surface area contributed by atoms with E-state index in [1.54, 1.807) is 0 Å². The molecule has 1 N–H and O–H groups in total. The third kappa shape index (κ3) is 4.99. The van der Waals surface area contributed by atoms with Crippen LogP contribution in [-0.4, -0.2) is 42.4 Å². The number of piperidine rings is 1. The number of nitrogens with zero attached hydrogens (tertiary/aromatic N) is 1. The monoisotopic (exact) mass is 305 g/mol. The number of para-hydroxylation sites is 1. The summed E-state index contributed by atoms with van der Waals surface area (Å²) in [7, 11) is 0. The summed E-state index contributed by atoms with van der Waals surface area (Å²) >= 11 is 0. The van der Waals surface area contributed by atoms with Gasteiger partial charge in [-0.15, -0.1) is 0 Å². The number of benzene rings is 1. The molecule has 1 fully saturated rings. The van der Waals surface area contributed by atoms with Crippen LogP contribution in [0.1, 0.15) is 51.5 Å². The number of hydrogen-bond acceptors (Lipinski definition) is 3. The topological polar surface area (TPSA) is 32.7 Å². The Morgan fingerprint density at radius 3 is 2.64 bits per heavy atom. The number of hydrogen-bond donors (Lipinski definition) is 1. The molecule has 1 aliphatic rings. The first-order valence-electron chi connectivity index (χ1n) is 8.72. The summed E-state index contributed by atoms with van der Waals surface area (Å²) < 4.78 is 5.91. The fraction of sp³-hybridized carbons (Fsp3) is 0.684. The van der Waals surface area contributed by atoms with Gasteiger partial charge in [0.05, 0.1) is 0 Å². The van der Waals surface area contributed by atoms with Crippen molar-refractivity contribution in [1.82, 2.24) is 4.90 Å². The molecule has 1 aliphatic heterocycles. The van der Waals surface area contributed by atoms with Gasteiger partial charge in [0.1, 0.15) is 18.5 Å². The van der Waals surface area contributed by atoms with E-state index in [1.807, 2.05) is 12.1 Å². The molecule has 0 aliphatic carbocycles. The molecule has 0 unspecified atom stereocenters. The highest BCUT2D eigenvalue weighted by atomic mass is 16.5. The highest BCUT2D eigenvalue weighted by molar-refractivity contribution is 5.35. The second kappa shape index (κ2) is 8.54. The van der Waals surface area contributed by atoms with Crippen LogP contribution in [0.3, 0.4) is 0 Å². The summed E-state index contributed by atoms with van der Waals surface area (Å²) in [6.07, 6.45) is 3.16. The number of aliphatic hydroxyl groups is 1. The quantitative estimate of drug-likeness (QED) is 0.834. The zero-order chi connectivity index (χ0) is 15.9. The molecule has 0 amide bonds. The third-order valence-electron chi connectivity index (χ3n) is 4.84. The van der Waals surface area contributed by atoms with Crippen LogP contribution >= 0.6 is 0 Å². The van der Waals surface area contributed by atoms with Crippen molar-refractivity contribution < 1.29 is 9.84 Å². The number of likely N-dealkylation sites (tertiary alicyclic amines) is 1. The maximum atomic E-state index is 10.2. The zero-order valence-corrected chi connectivity index (χ0v) is 14.3. The van der Waals surface area contributed by atoms with Gasteiger partial charge in [-0.25, -0.2) is 0 Å². The van der Waals surface area contributed by atoms with Crippen molar-refractivity contribution in [1.29, 1.82) is 0 Å². The summed E-state index contributed by atoms with van der Waals surface area (Å²) in [4.78, 5) is 2.36. The summed E-state index contributed by atoms with van der Waals surface area (Å²) in [6, 6.07) is 8.19. The Morgan fingerprint density at radius 2 is 1.95 bits per heavy atom. The molecule has 22 heavy (non-hydrogen) atoms. The average molecular weight is 305 g/mol. The van der Waals surface area contributed by atoms with Crippen molar-refractivity contribution in [3.63, 3.8) is 0 Å². The van der Waals surface area contributed by atoms with E-state index in [0.717, 1.165) is 37.7 Å². The van der Waals surface area contributed by atoms with Crippen LogP contribution in [0.15, 0.2) is 24.3 Å². The standard InChI is InChI=1S/C19H31NO2/c1-4-16(3)18-7-5-6-8-19(18)22-14-17(21)13-20-11-9-15(2)10-12-20/h5-8,15-17,21H,4,9-14H2,1-3H3/t16-,17-/m1/s1. The Labute approximate surface area is 135 Å². The molecule has 0 spiro atoms. The van der Waals surface area contributed by atoms with Gasteiger partial charge in [-0.2, -0.15) is 0 Å². The molecule has 0 saturated carbocycles. The zero-order valence-electron chi connectivity index (χ0n) is 14.3. The lowest BCUT2D eigenvalue weighted by Crippen LogP contribution is -2.40. The molecule has 1 heterocycles. The Hall–Kier alpha value is -1.06. The number of β-amino-alcohol motifs (C(OH)–C–C–N with tert-alkyl or cyclic N) is 1. The minimum Gasteiger partial charge on any atom is -0.491 e. The molecule has 3 nitrogen and oxygen atoms in total. The van der Waals surface area contributed by atoms with Gasteiger partial charge in [0.2, 0.25) is 0 Å². The van der Waals surface area contributed by atoms with Crippen LogP contribution in [0.2, 0.25) is 0 Å². The van der Waals surface area contributed by atoms with Crippen molar-refractivity contribution in [2.75, 3.05) is 26.2 Å². The van der Waals surface area contributed by atoms with Crippen molar-refractivity contribution in [3.05, 3.63) is 29.8 Å². The number of rotatable bonds is 7. The Bertz CT molecular complexity index is 441. The van der Waals surface area contributed by atoms with Crippen molar-refractivity contribution in [3.8, 4) is 5.75 Å². The van der Waals surface area contributed by atoms with E-state index >= 15 is 0 Å². The van der Waals surface area contributed by atoms with Gasteiger partial charge in [0.25, 0.3) is 0 Å². The molecule has 1 saturated heterocycles. The fourth-order valence-electron chi connectivity index (χ4n) is 3.02. The molecule has 1 aromatic carbocycles. The first-order valence-corrected chi connectivity index (χ1v) is 8.72. The van der Waals surface area contributed by atoms with E-state index in [4.69, 9.17) is 4.74 Å². The summed E-state index contributed by atoms with van der Waals surface area (Å²) in [5.74, 6) is 2.23. The van der Waals surface area contributed by atoms with Gasteiger partial charge in [-0.3, -0.25) is 0 Å². The highest BCUT2D eigenvalue weighted by Crippen LogP contribution is 2.28. The Balaban J connectivity index is 1.82. The molecule has 2 rings (SSSR count). The van der Waals surface area contributed by atoms with Gasteiger partial charge in [-0.1, -0.05) is 39.0 Å². The molecule has 124 valence electrons. The lowest BCUT2D eigenvalue weighted by molar-refractivity contribution is 0.0559. The van der Waals surface area contributed by atoms with Crippen LogP contribution in [0.4, 0.5) is 0 Å². The Kier molecular flexibility index (Phi) is 6.71. The minimum absolute atomic E-state index is 0.375. The third-order valence-corrected chi connectivity index (χ3v) is 4.84. The average Bonchev–Trinajstić information content (AvgIpc) is 2.54. The van der Waals surface area contributed by atoms with Crippen LogP contribution in [0.25, 0.3) is 0 Å². The van der Waals surface area contributed by atoms with Gasteiger partial charge in [0.15, 0.2) is 0 Å². The van der Waals surface area contributed by atoms with E-state index in [-0.39, 0.29) is 0 Å². The summed E-state index contributed by atoms with van der Waals surface area (Å²) in [5, 5.41) is 10.2. The van der Waals surface area contributed by atoms with Crippen molar-refractivity contribution in [2.45, 2.75) is 52.1 Å². The summed E-state index contributed by atoms with van der Waals surface area (Å²) in [6.45, 7) is 10.0. The predicted molar refractivity (Wildman–Crippen MR) is 91.5 cm³/mol. The highest BCUT2D eigenvalue weighted by Gasteiger charge is 2.19. The molecule has 2 atom stereocenters. The van der Waals surface area contributed by atoms with E-state index in [9.17, 15) is 5.11 Å². The second-order valence-electron chi connectivity index (χ2n) is 6.80. The molecular formula is C19H31NO2. The molecule has 3 heteroatoms. The minimum atomic E-state index is -0.418. The molecule has 0 radical (unpaired) electrons. The van der Waals surface area contributed by atoms with E-state index in [0.29, 0.717) is 12.5 Å².